The van der Waals surface area contributed by atoms with Gasteiger partial charge in [-0.1, -0.05) is 6.07 Å². The molecule has 0 aromatic heterocycles. The maximum Gasteiger partial charge on any atom is 0.248 e. The minimum atomic E-state index is -3.71. The van der Waals surface area contributed by atoms with Crippen LogP contribution in [0.25, 0.3) is 0 Å². The maximum absolute atomic E-state index is 13.2. The first-order chi connectivity index (χ1) is 18.8. The molecule has 0 bridgehead atoms. The number of rotatable bonds is 12. The lowest BCUT2D eigenvalue weighted by molar-refractivity contribution is -0.135. The Hall–Kier alpha value is -2.66. The zero-order valence-electron chi connectivity index (χ0n) is 25.4. The van der Waals surface area contributed by atoms with E-state index in [9.17, 15) is 13.2 Å². The molecule has 0 N–H and O–H groups in total. The zero-order chi connectivity index (χ0) is 29.6. The number of anilines is 1. The Bertz CT molecular complexity index is 1260. The van der Waals surface area contributed by atoms with Crippen LogP contribution in [-0.4, -0.2) is 103 Å². The number of hydrogen-bond acceptors (Lipinski definition) is 7. The molecular formula is C30H46N4O5S. The van der Waals surface area contributed by atoms with Gasteiger partial charge in [-0.05, 0) is 94.2 Å². The topological polar surface area (TPSA) is 82.6 Å². The normalized spacial score (nSPS) is 16.1. The summed E-state index contributed by atoms with van der Waals surface area (Å²) in [5.74, 6) is 0.467. The molecular weight excluding hydrogens is 528 g/mol. The quantitative estimate of drug-likeness (QED) is 0.359. The summed E-state index contributed by atoms with van der Waals surface area (Å²) in [5.41, 5.74) is 4.72. The van der Waals surface area contributed by atoms with E-state index in [-0.39, 0.29) is 30.6 Å². The molecule has 40 heavy (non-hydrogen) atoms. The van der Waals surface area contributed by atoms with Gasteiger partial charge in [-0.15, -0.1) is 0 Å². The summed E-state index contributed by atoms with van der Waals surface area (Å²) >= 11 is 0. The van der Waals surface area contributed by atoms with Crippen LogP contribution in [0.3, 0.4) is 0 Å². The highest BCUT2D eigenvalue weighted by Gasteiger charge is 2.26. The van der Waals surface area contributed by atoms with Gasteiger partial charge >= 0.3 is 0 Å². The molecule has 1 heterocycles. The van der Waals surface area contributed by atoms with Crippen molar-refractivity contribution in [3.8, 4) is 5.75 Å². The lowest BCUT2D eigenvalue weighted by atomic mass is 10.0. The summed E-state index contributed by atoms with van der Waals surface area (Å²) in [6.45, 7) is 8.31. The lowest BCUT2D eigenvalue weighted by Crippen LogP contribution is -2.45. The molecule has 3 rings (SSSR count). The fourth-order valence-corrected chi connectivity index (χ4v) is 6.74. The minimum Gasteiger partial charge on any atom is -0.497 e. The summed E-state index contributed by atoms with van der Waals surface area (Å²) in [6.07, 6.45) is 2.41. The average molecular weight is 575 g/mol. The predicted molar refractivity (Wildman–Crippen MR) is 160 cm³/mol. The van der Waals surface area contributed by atoms with E-state index in [1.54, 1.807) is 45.0 Å². The Morgan fingerprint density at radius 2 is 1.70 bits per heavy atom. The van der Waals surface area contributed by atoms with E-state index in [1.807, 2.05) is 0 Å². The second-order valence-electron chi connectivity index (χ2n) is 11.0. The molecule has 1 aliphatic heterocycles. The van der Waals surface area contributed by atoms with Crippen LogP contribution in [0.4, 0.5) is 5.69 Å². The van der Waals surface area contributed by atoms with E-state index in [0.717, 1.165) is 24.2 Å². The van der Waals surface area contributed by atoms with Gasteiger partial charge in [0.2, 0.25) is 15.9 Å². The van der Waals surface area contributed by atoms with Crippen molar-refractivity contribution in [3.63, 3.8) is 0 Å². The van der Waals surface area contributed by atoms with Crippen molar-refractivity contribution >= 4 is 21.6 Å². The number of carbonyl (C=O) groups is 1. The Balaban J connectivity index is 1.50. The maximum atomic E-state index is 13.2. The second kappa shape index (κ2) is 13.8. The van der Waals surface area contributed by atoms with Crippen LogP contribution in [0.1, 0.15) is 35.1 Å². The summed E-state index contributed by atoms with van der Waals surface area (Å²) < 4.78 is 38.4. The van der Waals surface area contributed by atoms with Gasteiger partial charge in [0, 0.05) is 52.0 Å². The van der Waals surface area contributed by atoms with Crippen molar-refractivity contribution in [1.82, 2.24) is 14.1 Å². The van der Waals surface area contributed by atoms with E-state index < -0.39 is 10.0 Å². The Morgan fingerprint density at radius 1 is 1.02 bits per heavy atom. The number of likely N-dealkylation sites (N-methyl/N-ethyl adjacent to an activating group) is 3. The molecule has 1 unspecified atom stereocenters. The SMILES string of the molecule is COc1cc(C)c(S(=O)(=O)N(C)CCOCC(=O)N(C)Cc2ccc(N3CCCC(N(C)C)C3)cc2C)c(C)c1. The van der Waals surface area contributed by atoms with E-state index in [2.05, 4.69) is 49.0 Å². The minimum absolute atomic E-state index is 0.109. The number of carbonyl (C=O) groups excluding carboxylic acids is 1. The molecule has 1 aliphatic rings. The summed E-state index contributed by atoms with van der Waals surface area (Å²) in [5, 5.41) is 0. The largest absolute Gasteiger partial charge is 0.497 e. The third-order valence-electron chi connectivity index (χ3n) is 7.77. The highest BCUT2D eigenvalue weighted by Crippen LogP contribution is 2.28. The van der Waals surface area contributed by atoms with E-state index >= 15 is 0 Å². The van der Waals surface area contributed by atoms with Crippen molar-refractivity contribution in [1.29, 1.82) is 0 Å². The van der Waals surface area contributed by atoms with Crippen LogP contribution in [-0.2, 0) is 26.1 Å². The van der Waals surface area contributed by atoms with E-state index in [1.165, 1.54) is 29.9 Å². The third-order valence-corrected chi connectivity index (χ3v) is 9.93. The average Bonchev–Trinajstić information content (AvgIpc) is 2.91. The van der Waals surface area contributed by atoms with Crippen molar-refractivity contribution in [2.45, 2.75) is 51.1 Å². The highest BCUT2D eigenvalue weighted by molar-refractivity contribution is 7.89. The molecule has 1 saturated heterocycles. The first-order valence-corrected chi connectivity index (χ1v) is 15.2. The van der Waals surface area contributed by atoms with Gasteiger partial charge in [0.25, 0.3) is 0 Å². The molecule has 0 radical (unpaired) electrons. The number of aryl methyl sites for hydroxylation is 3. The Kier molecular flexibility index (Phi) is 11.0. The molecule has 0 spiro atoms. The van der Waals surface area contributed by atoms with Gasteiger partial charge in [0.1, 0.15) is 12.4 Å². The summed E-state index contributed by atoms with van der Waals surface area (Å²) in [6, 6.07) is 10.5. The van der Waals surface area contributed by atoms with Gasteiger partial charge < -0.3 is 24.2 Å². The number of hydrogen-bond donors (Lipinski definition) is 0. The van der Waals surface area contributed by atoms with Crippen LogP contribution in [0.5, 0.6) is 5.75 Å². The number of methoxy groups -OCH3 is 1. The van der Waals surface area contributed by atoms with Gasteiger partial charge in [0.15, 0.2) is 0 Å². The zero-order valence-corrected chi connectivity index (χ0v) is 26.2. The molecule has 0 aliphatic carbocycles. The van der Waals surface area contributed by atoms with Gasteiger partial charge in [-0.2, -0.15) is 4.31 Å². The second-order valence-corrected chi connectivity index (χ2v) is 13.0. The Labute approximate surface area is 240 Å². The molecule has 222 valence electrons. The van der Waals surface area contributed by atoms with Crippen LogP contribution in [0, 0.1) is 20.8 Å². The number of nitrogens with zero attached hydrogens (tertiary/aromatic N) is 4. The first-order valence-electron chi connectivity index (χ1n) is 13.8. The van der Waals surface area contributed by atoms with Gasteiger partial charge in [-0.25, -0.2) is 8.42 Å². The van der Waals surface area contributed by atoms with Crippen LogP contribution in [0.15, 0.2) is 35.2 Å². The molecule has 2 aromatic carbocycles. The van der Waals surface area contributed by atoms with Crippen LogP contribution >= 0.6 is 0 Å². The molecule has 1 fully saturated rings. The lowest BCUT2D eigenvalue weighted by Gasteiger charge is -2.37. The van der Waals surface area contributed by atoms with Gasteiger partial charge in [-0.3, -0.25) is 4.79 Å². The number of piperidine rings is 1. The van der Waals surface area contributed by atoms with E-state index in [4.69, 9.17) is 9.47 Å². The number of benzene rings is 2. The number of ether oxygens (including phenoxy) is 2. The Morgan fingerprint density at radius 3 is 2.30 bits per heavy atom. The molecule has 9 nitrogen and oxygen atoms in total. The van der Waals surface area contributed by atoms with Crippen molar-refractivity contribution < 1.29 is 22.7 Å². The highest BCUT2D eigenvalue weighted by atomic mass is 32.2. The summed E-state index contributed by atoms with van der Waals surface area (Å²) in [4.78, 5) is 19.4. The fourth-order valence-electron chi connectivity index (χ4n) is 5.18. The summed E-state index contributed by atoms with van der Waals surface area (Å²) in [7, 11) is 5.41. The van der Waals surface area contributed by atoms with Crippen LogP contribution < -0.4 is 9.64 Å². The van der Waals surface area contributed by atoms with Crippen molar-refractivity contribution in [2.75, 3.05) is 73.0 Å². The molecule has 1 amide bonds. The fraction of sp³-hybridized carbons (Fsp3) is 0.567. The smallest absolute Gasteiger partial charge is 0.248 e. The van der Waals surface area contributed by atoms with Crippen molar-refractivity contribution in [3.05, 3.63) is 52.6 Å². The molecule has 2 aromatic rings. The number of sulfonamides is 1. The molecule has 0 saturated carbocycles. The van der Waals surface area contributed by atoms with E-state index in [0.29, 0.717) is 29.5 Å². The van der Waals surface area contributed by atoms with Gasteiger partial charge in [0.05, 0.1) is 18.6 Å². The predicted octanol–water partition coefficient (Wildman–Crippen LogP) is 3.45. The molecule has 1 atom stereocenters. The monoisotopic (exact) mass is 574 g/mol. The first kappa shape index (κ1) is 31.9. The standard InChI is InChI=1S/C30H46N4O5S/c1-22-16-26(34-13-9-10-27(20-34)31(4)5)12-11-25(22)19-32(6)29(35)21-39-15-14-33(7)40(36,37)30-23(2)17-28(38-8)18-24(30)3/h11-12,16-18,27H,9-10,13-15,19-21H2,1-8H3. The van der Waals surface area contributed by atoms with Crippen LogP contribution in [0.2, 0.25) is 0 Å². The van der Waals surface area contributed by atoms with Crippen molar-refractivity contribution in [2.24, 2.45) is 0 Å². The molecule has 10 heteroatoms. The third kappa shape index (κ3) is 7.75. The number of amides is 1.